The van der Waals surface area contributed by atoms with E-state index in [1.165, 1.54) is 11.6 Å². The molecule has 124 valence electrons. The molecule has 0 bridgehead atoms. The normalized spacial score (nSPS) is 21.1. The highest BCUT2D eigenvalue weighted by Gasteiger charge is 2.33. The molecular formula is C18H22ClNO3. The van der Waals surface area contributed by atoms with Crippen LogP contribution in [0.5, 0.6) is 11.5 Å². The lowest BCUT2D eigenvalue weighted by Crippen LogP contribution is -2.33. The first kappa shape index (κ1) is 17.6. The summed E-state index contributed by atoms with van der Waals surface area (Å²) in [6, 6.07) is 13.4. The summed E-state index contributed by atoms with van der Waals surface area (Å²) < 4.78 is 6.16. The molecule has 2 aromatic carbocycles. The Morgan fingerprint density at radius 3 is 2.52 bits per heavy atom. The van der Waals surface area contributed by atoms with Crippen LogP contribution < -0.4 is 5.73 Å². The molecule has 3 rings (SSSR count). The molecular weight excluding hydrogens is 314 g/mol. The summed E-state index contributed by atoms with van der Waals surface area (Å²) in [5.74, 6) is 0.0252. The Morgan fingerprint density at radius 2 is 1.87 bits per heavy atom. The van der Waals surface area contributed by atoms with E-state index < -0.39 is 0 Å². The van der Waals surface area contributed by atoms with Crippen molar-refractivity contribution in [2.75, 3.05) is 6.54 Å². The minimum Gasteiger partial charge on any atom is -0.504 e. The minimum absolute atomic E-state index is 0. The van der Waals surface area contributed by atoms with E-state index in [0.717, 1.165) is 11.1 Å². The Bertz CT molecular complexity index is 663. The van der Waals surface area contributed by atoms with Crippen molar-refractivity contribution in [2.24, 2.45) is 5.73 Å². The number of hydrogen-bond acceptors (Lipinski definition) is 4. The second-order valence-electron chi connectivity index (χ2n) is 5.80. The second kappa shape index (κ2) is 7.21. The highest BCUT2D eigenvalue weighted by Crippen LogP contribution is 2.42. The van der Waals surface area contributed by atoms with Crippen molar-refractivity contribution in [1.82, 2.24) is 0 Å². The molecule has 23 heavy (non-hydrogen) atoms. The molecule has 0 fully saturated rings. The number of ether oxygens (including phenoxy) is 1. The molecule has 1 aliphatic heterocycles. The molecule has 5 heteroatoms. The fraction of sp³-hybridized carbons (Fsp3) is 0.333. The standard InChI is InChI=1S/C18H21NO3.ClH/c1-11(12-5-3-2-4-6-12)16-9-14-13(17(10-19)22-16)7-8-15(20)18(14)21;/h2-8,11,16-17,20-21H,9-10,19H2,1H3;1H. The van der Waals surface area contributed by atoms with Gasteiger partial charge in [0.1, 0.15) is 0 Å². The van der Waals surface area contributed by atoms with Crippen molar-refractivity contribution in [2.45, 2.75) is 31.5 Å². The van der Waals surface area contributed by atoms with Crippen molar-refractivity contribution in [3.05, 3.63) is 59.2 Å². The van der Waals surface area contributed by atoms with Gasteiger partial charge in [-0.05, 0) is 17.2 Å². The molecule has 3 unspecified atom stereocenters. The third-order valence-corrected chi connectivity index (χ3v) is 4.49. The molecule has 0 spiro atoms. The Hall–Kier alpha value is -1.75. The van der Waals surface area contributed by atoms with Crippen molar-refractivity contribution < 1.29 is 14.9 Å². The van der Waals surface area contributed by atoms with E-state index in [-0.39, 0.29) is 42.0 Å². The van der Waals surface area contributed by atoms with Gasteiger partial charge in [-0.1, -0.05) is 43.3 Å². The van der Waals surface area contributed by atoms with Gasteiger partial charge in [-0.2, -0.15) is 0 Å². The molecule has 0 aliphatic carbocycles. The zero-order valence-corrected chi connectivity index (χ0v) is 13.8. The molecule has 0 radical (unpaired) electrons. The van der Waals surface area contributed by atoms with Crippen molar-refractivity contribution >= 4 is 12.4 Å². The summed E-state index contributed by atoms with van der Waals surface area (Å²) in [4.78, 5) is 0. The molecule has 4 N–H and O–H groups in total. The summed E-state index contributed by atoms with van der Waals surface area (Å²) in [6.45, 7) is 2.45. The van der Waals surface area contributed by atoms with Crippen LogP contribution in [-0.4, -0.2) is 22.9 Å². The number of phenolic OH excluding ortho intramolecular Hbond substituents is 2. The first-order chi connectivity index (χ1) is 10.6. The first-order valence-corrected chi connectivity index (χ1v) is 7.56. The number of benzene rings is 2. The Labute approximate surface area is 142 Å². The fourth-order valence-electron chi connectivity index (χ4n) is 3.14. The third-order valence-electron chi connectivity index (χ3n) is 4.49. The molecule has 2 aromatic rings. The van der Waals surface area contributed by atoms with Gasteiger partial charge in [0.05, 0.1) is 12.2 Å². The molecule has 0 amide bonds. The third kappa shape index (κ3) is 3.29. The topological polar surface area (TPSA) is 75.7 Å². The second-order valence-corrected chi connectivity index (χ2v) is 5.80. The highest BCUT2D eigenvalue weighted by atomic mass is 35.5. The summed E-state index contributed by atoms with van der Waals surface area (Å²) in [7, 11) is 0. The maximum Gasteiger partial charge on any atom is 0.161 e. The molecule has 0 saturated heterocycles. The Morgan fingerprint density at radius 1 is 1.17 bits per heavy atom. The average molecular weight is 336 g/mol. The molecule has 1 aliphatic rings. The van der Waals surface area contributed by atoms with Crippen LogP contribution in [0, 0.1) is 0 Å². The fourth-order valence-corrected chi connectivity index (χ4v) is 3.14. The first-order valence-electron chi connectivity index (χ1n) is 7.56. The van der Waals surface area contributed by atoms with Crippen LogP contribution in [0.2, 0.25) is 0 Å². The number of rotatable bonds is 3. The number of phenols is 2. The quantitative estimate of drug-likeness (QED) is 0.752. The van der Waals surface area contributed by atoms with Crippen LogP contribution in [0.4, 0.5) is 0 Å². The van der Waals surface area contributed by atoms with Crippen molar-refractivity contribution in [1.29, 1.82) is 0 Å². The minimum atomic E-state index is -0.258. The predicted octanol–water partition coefficient (Wildman–Crippen LogP) is 3.26. The molecule has 0 saturated carbocycles. The number of halogens is 1. The highest BCUT2D eigenvalue weighted by molar-refractivity contribution is 5.85. The van der Waals surface area contributed by atoms with Gasteiger partial charge in [0, 0.05) is 24.4 Å². The van der Waals surface area contributed by atoms with Crippen LogP contribution in [0.15, 0.2) is 42.5 Å². The summed E-state index contributed by atoms with van der Waals surface area (Å²) >= 11 is 0. The van der Waals surface area contributed by atoms with Gasteiger partial charge in [0.25, 0.3) is 0 Å². The van der Waals surface area contributed by atoms with E-state index in [1.54, 1.807) is 6.07 Å². The molecule has 1 heterocycles. The lowest BCUT2D eigenvalue weighted by molar-refractivity contribution is -0.0327. The van der Waals surface area contributed by atoms with Gasteiger partial charge in [-0.25, -0.2) is 0 Å². The van der Waals surface area contributed by atoms with Gasteiger partial charge in [-0.15, -0.1) is 12.4 Å². The average Bonchev–Trinajstić information content (AvgIpc) is 2.57. The zero-order valence-electron chi connectivity index (χ0n) is 13.0. The zero-order chi connectivity index (χ0) is 15.7. The maximum absolute atomic E-state index is 10.2. The van der Waals surface area contributed by atoms with Crippen molar-refractivity contribution in [3.63, 3.8) is 0 Å². The number of hydrogen-bond donors (Lipinski definition) is 3. The van der Waals surface area contributed by atoms with Crippen LogP contribution in [0.1, 0.15) is 35.6 Å². The molecule has 0 aromatic heterocycles. The van der Waals surface area contributed by atoms with Gasteiger partial charge in [-0.3, -0.25) is 0 Å². The Kier molecular flexibility index (Phi) is 5.52. The predicted molar refractivity (Wildman–Crippen MR) is 92.2 cm³/mol. The van der Waals surface area contributed by atoms with E-state index in [4.69, 9.17) is 10.5 Å². The number of nitrogens with two attached hydrogens (primary N) is 1. The van der Waals surface area contributed by atoms with Gasteiger partial charge in [0.15, 0.2) is 11.5 Å². The number of fused-ring (bicyclic) bond motifs is 1. The van der Waals surface area contributed by atoms with E-state index in [1.807, 2.05) is 18.2 Å². The Balaban J connectivity index is 0.00000192. The van der Waals surface area contributed by atoms with Crippen LogP contribution >= 0.6 is 12.4 Å². The monoisotopic (exact) mass is 335 g/mol. The SMILES string of the molecule is CC(c1ccccc1)C1Cc2c(ccc(O)c2O)C(CN)O1.Cl. The van der Waals surface area contributed by atoms with Crippen LogP contribution in [-0.2, 0) is 11.2 Å². The summed E-state index contributed by atoms with van der Waals surface area (Å²) in [6.07, 6.45) is 0.213. The van der Waals surface area contributed by atoms with E-state index >= 15 is 0 Å². The lowest BCUT2D eigenvalue weighted by Gasteiger charge is -2.35. The summed E-state index contributed by atoms with van der Waals surface area (Å²) in [5.41, 5.74) is 8.64. The van der Waals surface area contributed by atoms with Crippen LogP contribution in [0.3, 0.4) is 0 Å². The van der Waals surface area contributed by atoms with Crippen LogP contribution in [0.25, 0.3) is 0 Å². The molecule has 4 nitrogen and oxygen atoms in total. The number of aromatic hydroxyl groups is 2. The lowest BCUT2D eigenvalue weighted by atomic mass is 9.85. The van der Waals surface area contributed by atoms with Crippen molar-refractivity contribution in [3.8, 4) is 11.5 Å². The van der Waals surface area contributed by atoms with E-state index in [2.05, 4.69) is 19.1 Å². The summed E-state index contributed by atoms with van der Waals surface area (Å²) in [5, 5.41) is 19.9. The van der Waals surface area contributed by atoms with E-state index in [9.17, 15) is 10.2 Å². The van der Waals surface area contributed by atoms with Gasteiger partial charge in [0.2, 0.25) is 0 Å². The largest absolute Gasteiger partial charge is 0.504 e. The van der Waals surface area contributed by atoms with Gasteiger partial charge < -0.3 is 20.7 Å². The van der Waals surface area contributed by atoms with E-state index in [0.29, 0.717) is 13.0 Å². The van der Waals surface area contributed by atoms with Gasteiger partial charge >= 0.3 is 0 Å². The maximum atomic E-state index is 10.2. The smallest absolute Gasteiger partial charge is 0.161 e. The molecule has 3 atom stereocenters.